The second kappa shape index (κ2) is 7.30. The second-order valence-corrected chi connectivity index (χ2v) is 5.13. The molecule has 2 rings (SSSR count). The minimum Gasteiger partial charge on any atom is -0.326 e. The lowest BCUT2D eigenvalue weighted by Gasteiger charge is -2.07. The molecule has 0 aliphatic rings. The fraction of sp³-hybridized carbons (Fsp3) is 0.125. The predicted molar refractivity (Wildman–Crippen MR) is 88.2 cm³/mol. The van der Waals surface area contributed by atoms with Gasteiger partial charge in [-0.1, -0.05) is 0 Å². The highest BCUT2D eigenvalue weighted by molar-refractivity contribution is 6.11. The minimum absolute atomic E-state index is 0.0579. The molecule has 3 amide bonds. The van der Waals surface area contributed by atoms with E-state index in [4.69, 9.17) is 0 Å². The lowest BCUT2D eigenvalue weighted by molar-refractivity contribution is -0.385. The molecule has 0 radical (unpaired) electrons. The molecule has 9 nitrogen and oxygen atoms in total. The Morgan fingerprint density at radius 2 is 1.76 bits per heavy atom. The van der Waals surface area contributed by atoms with Gasteiger partial charge in [0, 0.05) is 24.2 Å². The average molecular weight is 342 g/mol. The molecule has 2 aromatic rings. The van der Waals surface area contributed by atoms with Crippen LogP contribution >= 0.6 is 0 Å². The van der Waals surface area contributed by atoms with Crippen LogP contribution in [0.2, 0.25) is 0 Å². The standard InChI is InChI=1S/C16H14N4O5/c1-9-14(7-13(8-17-9)20(24)25)16(23)19-15(22)11-3-5-12(6-4-11)18-10(2)21/h3-8H,1-2H3,(H,18,21)(H,19,22,23). The van der Waals surface area contributed by atoms with E-state index in [0.717, 1.165) is 12.3 Å². The number of carbonyl (C=O) groups is 3. The molecule has 0 atom stereocenters. The van der Waals surface area contributed by atoms with Gasteiger partial charge in [-0.05, 0) is 31.2 Å². The normalized spacial score (nSPS) is 10.0. The number of hydrogen-bond acceptors (Lipinski definition) is 6. The van der Waals surface area contributed by atoms with Gasteiger partial charge in [-0.2, -0.15) is 0 Å². The van der Waals surface area contributed by atoms with Gasteiger partial charge in [0.25, 0.3) is 17.5 Å². The summed E-state index contributed by atoms with van der Waals surface area (Å²) in [6.07, 6.45) is 1.04. The zero-order chi connectivity index (χ0) is 18.6. The van der Waals surface area contributed by atoms with Crippen molar-refractivity contribution in [2.75, 3.05) is 5.32 Å². The molecule has 0 unspecified atom stereocenters. The minimum atomic E-state index is -0.787. The zero-order valence-electron chi connectivity index (χ0n) is 13.4. The van der Waals surface area contributed by atoms with Crippen LogP contribution in [0.25, 0.3) is 0 Å². The van der Waals surface area contributed by atoms with Crippen molar-refractivity contribution in [1.82, 2.24) is 10.3 Å². The molecule has 0 bridgehead atoms. The van der Waals surface area contributed by atoms with Crippen LogP contribution in [0.4, 0.5) is 11.4 Å². The molecule has 128 valence electrons. The smallest absolute Gasteiger partial charge is 0.288 e. The van der Waals surface area contributed by atoms with Crippen molar-refractivity contribution in [2.24, 2.45) is 0 Å². The van der Waals surface area contributed by atoms with E-state index < -0.39 is 16.7 Å². The summed E-state index contributed by atoms with van der Waals surface area (Å²) in [6, 6.07) is 6.96. The van der Waals surface area contributed by atoms with E-state index in [1.54, 1.807) is 0 Å². The van der Waals surface area contributed by atoms with Crippen LogP contribution in [0.15, 0.2) is 36.5 Å². The van der Waals surface area contributed by atoms with E-state index in [0.29, 0.717) is 5.69 Å². The molecule has 0 aliphatic heterocycles. The number of aromatic nitrogens is 1. The van der Waals surface area contributed by atoms with Gasteiger partial charge in [0.1, 0.15) is 6.20 Å². The highest BCUT2D eigenvalue weighted by Gasteiger charge is 2.18. The van der Waals surface area contributed by atoms with Crippen molar-refractivity contribution in [2.45, 2.75) is 13.8 Å². The van der Waals surface area contributed by atoms with Crippen molar-refractivity contribution < 1.29 is 19.3 Å². The largest absolute Gasteiger partial charge is 0.326 e. The third kappa shape index (κ3) is 4.44. The lowest BCUT2D eigenvalue weighted by atomic mass is 10.1. The topological polar surface area (TPSA) is 131 Å². The van der Waals surface area contributed by atoms with E-state index in [9.17, 15) is 24.5 Å². The summed E-state index contributed by atoms with van der Waals surface area (Å²) in [4.78, 5) is 49.1. The van der Waals surface area contributed by atoms with Gasteiger partial charge in [-0.15, -0.1) is 0 Å². The fourth-order valence-corrected chi connectivity index (χ4v) is 2.00. The molecule has 0 saturated carbocycles. The maximum absolute atomic E-state index is 12.2. The Morgan fingerprint density at radius 1 is 1.12 bits per heavy atom. The molecule has 0 saturated heterocycles. The highest BCUT2D eigenvalue weighted by atomic mass is 16.6. The quantitative estimate of drug-likeness (QED) is 0.495. The third-order valence-electron chi connectivity index (χ3n) is 3.22. The Hall–Kier alpha value is -3.62. The predicted octanol–water partition coefficient (Wildman–Crippen LogP) is 1.83. The van der Waals surface area contributed by atoms with Crippen molar-refractivity contribution in [1.29, 1.82) is 0 Å². The molecular formula is C16H14N4O5. The number of aryl methyl sites for hydroxylation is 1. The Labute approximate surface area is 142 Å². The summed E-state index contributed by atoms with van der Waals surface area (Å²) in [5, 5.41) is 15.5. The maximum atomic E-state index is 12.2. The average Bonchev–Trinajstić information content (AvgIpc) is 2.54. The third-order valence-corrected chi connectivity index (χ3v) is 3.22. The number of nitrogens with one attached hydrogen (secondary N) is 2. The summed E-state index contributed by atoms with van der Waals surface area (Å²) in [5.41, 5.74) is 0.560. The first-order chi connectivity index (χ1) is 11.8. The number of imide groups is 1. The Morgan fingerprint density at radius 3 is 2.32 bits per heavy atom. The number of benzene rings is 1. The van der Waals surface area contributed by atoms with Gasteiger partial charge in [0.15, 0.2) is 0 Å². The van der Waals surface area contributed by atoms with Crippen LogP contribution in [0, 0.1) is 17.0 Å². The molecule has 1 aromatic heterocycles. The number of carbonyl (C=O) groups excluding carboxylic acids is 3. The van der Waals surface area contributed by atoms with E-state index in [1.165, 1.54) is 38.1 Å². The number of nitrogens with zero attached hydrogens (tertiary/aromatic N) is 2. The molecular weight excluding hydrogens is 328 g/mol. The van der Waals surface area contributed by atoms with Crippen LogP contribution in [0.3, 0.4) is 0 Å². The number of amides is 3. The van der Waals surface area contributed by atoms with Gasteiger partial charge >= 0.3 is 0 Å². The molecule has 25 heavy (non-hydrogen) atoms. The highest BCUT2D eigenvalue weighted by Crippen LogP contribution is 2.15. The summed E-state index contributed by atoms with van der Waals surface area (Å²) in [5.74, 6) is -1.71. The van der Waals surface area contributed by atoms with Crippen LogP contribution in [-0.4, -0.2) is 27.6 Å². The van der Waals surface area contributed by atoms with Crippen LogP contribution in [0.5, 0.6) is 0 Å². The van der Waals surface area contributed by atoms with E-state index in [1.807, 2.05) is 0 Å². The Bertz CT molecular complexity index is 861. The maximum Gasteiger partial charge on any atom is 0.288 e. The lowest BCUT2D eigenvalue weighted by Crippen LogP contribution is -2.31. The second-order valence-electron chi connectivity index (χ2n) is 5.13. The molecule has 0 aliphatic carbocycles. The molecule has 1 heterocycles. The van der Waals surface area contributed by atoms with Gasteiger partial charge in [-0.3, -0.25) is 34.8 Å². The molecule has 1 aromatic carbocycles. The Balaban J connectivity index is 2.15. The first-order valence-electron chi connectivity index (χ1n) is 7.12. The monoisotopic (exact) mass is 342 g/mol. The molecule has 0 spiro atoms. The number of pyridine rings is 1. The van der Waals surface area contributed by atoms with Crippen molar-refractivity contribution >= 4 is 29.1 Å². The van der Waals surface area contributed by atoms with Crippen LogP contribution < -0.4 is 10.6 Å². The van der Waals surface area contributed by atoms with Crippen molar-refractivity contribution in [3.8, 4) is 0 Å². The number of rotatable bonds is 4. The summed E-state index contributed by atoms with van der Waals surface area (Å²) in [6.45, 7) is 2.86. The van der Waals surface area contributed by atoms with Crippen molar-refractivity contribution in [3.63, 3.8) is 0 Å². The fourth-order valence-electron chi connectivity index (χ4n) is 2.00. The van der Waals surface area contributed by atoms with E-state index in [2.05, 4.69) is 15.6 Å². The Kier molecular flexibility index (Phi) is 5.18. The number of nitro groups is 1. The van der Waals surface area contributed by atoms with Crippen LogP contribution in [0.1, 0.15) is 33.3 Å². The molecule has 2 N–H and O–H groups in total. The molecule has 0 fully saturated rings. The van der Waals surface area contributed by atoms with Crippen molar-refractivity contribution in [3.05, 3.63) is 63.5 Å². The van der Waals surface area contributed by atoms with Gasteiger partial charge in [0.2, 0.25) is 5.91 Å². The van der Waals surface area contributed by atoms with Gasteiger partial charge in [-0.25, -0.2) is 0 Å². The first kappa shape index (κ1) is 17.7. The summed E-state index contributed by atoms with van der Waals surface area (Å²) < 4.78 is 0. The van der Waals surface area contributed by atoms with Crippen LogP contribution in [-0.2, 0) is 4.79 Å². The van der Waals surface area contributed by atoms with Gasteiger partial charge in [0.05, 0.1) is 16.2 Å². The summed E-state index contributed by atoms with van der Waals surface area (Å²) in [7, 11) is 0. The zero-order valence-corrected chi connectivity index (χ0v) is 13.4. The summed E-state index contributed by atoms with van der Waals surface area (Å²) >= 11 is 0. The SMILES string of the molecule is CC(=O)Nc1ccc(C(=O)NC(=O)c2cc([N+](=O)[O-])cnc2C)cc1. The molecule has 9 heteroatoms. The van der Waals surface area contributed by atoms with E-state index >= 15 is 0 Å². The van der Waals surface area contributed by atoms with Gasteiger partial charge < -0.3 is 5.32 Å². The number of anilines is 1. The number of hydrogen-bond donors (Lipinski definition) is 2. The van der Waals surface area contributed by atoms with E-state index in [-0.39, 0.29) is 28.4 Å². The first-order valence-corrected chi connectivity index (χ1v) is 7.12.